The second-order valence-electron chi connectivity index (χ2n) is 7.96. The van der Waals surface area contributed by atoms with Crippen LogP contribution in [0.1, 0.15) is 53.4 Å². The van der Waals surface area contributed by atoms with Gasteiger partial charge in [0.05, 0.1) is 31.0 Å². The molecule has 2 aliphatic rings. The number of halogens is 1. The Morgan fingerprint density at radius 3 is 2.26 bits per heavy atom. The summed E-state index contributed by atoms with van der Waals surface area (Å²) in [5.41, 5.74) is -0.0811. The fourth-order valence-corrected chi connectivity index (χ4v) is 3.94. The Hall–Kier alpha value is 0.130. The van der Waals surface area contributed by atoms with Crippen LogP contribution >= 0.6 is 11.6 Å². The van der Waals surface area contributed by atoms with Gasteiger partial charge in [-0.15, -0.1) is 11.6 Å². The molecule has 4 nitrogen and oxygen atoms in total. The van der Waals surface area contributed by atoms with E-state index in [1.54, 1.807) is 0 Å². The largest absolute Gasteiger partial charge is 0.396 e. The number of rotatable bonds is 10. The maximum Gasteiger partial charge on any atom is 0.0832 e. The molecule has 1 aliphatic carbocycles. The van der Waals surface area contributed by atoms with Gasteiger partial charge in [-0.1, -0.05) is 0 Å². The van der Waals surface area contributed by atoms with E-state index in [4.69, 9.17) is 21.1 Å². The molecule has 2 atom stereocenters. The highest BCUT2D eigenvalue weighted by atomic mass is 35.5. The molecule has 136 valence electrons. The van der Waals surface area contributed by atoms with Crippen LogP contribution < -0.4 is 0 Å². The Balaban J connectivity index is 1.56. The topological polar surface area (TPSA) is 41.9 Å². The molecule has 0 aromatic rings. The van der Waals surface area contributed by atoms with Crippen LogP contribution in [-0.4, -0.2) is 66.0 Å². The van der Waals surface area contributed by atoms with Crippen molar-refractivity contribution in [1.29, 1.82) is 0 Å². The summed E-state index contributed by atoms with van der Waals surface area (Å²) in [5.74, 6) is 0.531. The molecule has 1 saturated heterocycles. The lowest BCUT2D eigenvalue weighted by Crippen LogP contribution is -2.56. The lowest BCUT2D eigenvalue weighted by molar-refractivity contribution is -0.121. The van der Waals surface area contributed by atoms with Crippen molar-refractivity contribution in [2.45, 2.75) is 83.8 Å². The second-order valence-corrected chi connectivity index (χ2v) is 8.22. The van der Waals surface area contributed by atoms with Gasteiger partial charge in [0.25, 0.3) is 0 Å². The Kier molecular flexibility index (Phi) is 7.17. The van der Waals surface area contributed by atoms with E-state index in [9.17, 15) is 5.11 Å². The van der Waals surface area contributed by atoms with Crippen molar-refractivity contribution in [3.8, 4) is 0 Å². The minimum absolute atomic E-state index is 0.0811. The molecule has 0 radical (unpaired) electrons. The highest BCUT2D eigenvalue weighted by Gasteiger charge is 2.44. The number of alkyl halides is 1. The molecule has 1 aliphatic heterocycles. The minimum Gasteiger partial charge on any atom is -0.396 e. The normalized spacial score (nSPS) is 31.7. The molecular formula is C18H34ClNO3. The quantitative estimate of drug-likeness (QED) is 0.617. The lowest BCUT2D eigenvalue weighted by Gasteiger charge is -2.46. The number of nitrogens with zero attached hydrogens (tertiary/aromatic N) is 1. The molecule has 0 aromatic carbocycles. The van der Waals surface area contributed by atoms with Gasteiger partial charge in [-0.2, -0.15) is 0 Å². The maximum absolute atomic E-state index is 9.38. The Morgan fingerprint density at radius 2 is 1.74 bits per heavy atom. The molecule has 0 spiro atoms. The van der Waals surface area contributed by atoms with E-state index in [2.05, 4.69) is 32.6 Å². The standard InChI is InChI=1S/C18H34ClNO3/c1-13(2)22-17-9-20(10-17)14(3)5-6-15(4)23-16-7-18(8-16,11-19)12-21/h13-17,21H,5-12H2,1-4H3. The molecule has 1 heterocycles. The average molecular weight is 348 g/mol. The number of hydrogen-bond acceptors (Lipinski definition) is 4. The van der Waals surface area contributed by atoms with E-state index in [0.717, 1.165) is 38.8 Å². The van der Waals surface area contributed by atoms with Crippen molar-refractivity contribution >= 4 is 11.6 Å². The first-order valence-corrected chi connectivity index (χ1v) is 9.62. The van der Waals surface area contributed by atoms with Gasteiger partial charge in [-0.3, -0.25) is 4.90 Å². The fraction of sp³-hybridized carbons (Fsp3) is 1.00. The van der Waals surface area contributed by atoms with Crippen LogP contribution in [0.3, 0.4) is 0 Å². The number of ether oxygens (including phenoxy) is 2. The van der Waals surface area contributed by atoms with Crippen LogP contribution in [0.5, 0.6) is 0 Å². The highest BCUT2D eigenvalue weighted by Crippen LogP contribution is 2.44. The Labute approximate surface area is 146 Å². The van der Waals surface area contributed by atoms with Gasteiger partial charge >= 0.3 is 0 Å². The van der Waals surface area contributed by atoms with Crippen LogP contribution in [-0.2, 0) is 9.47 Å². The van der Waals surface area contributed by atoms with Gasteiger partial charge in [0, 0.05) is 30.4 Å². The van der Waals surface area contributed by atoms with Gasteiger partial charge in [0.1, 0.15) is 0 Å². The monoisotopic (exact) mass is 347 g/mol. The van der Waals surface area contributed by atoms with Crippen LogP contribution in [0.4, 0.5) is 0 Å². The lowest BCUT2D eigenvalue weighted by atomic mass is 9.68. The molecule has 1 N–H and O–H groups in total. The first-order chi connectivity index (χ1) is 10.9. The van der Waals surface area contributed by atoms with E-state index in [0.29, 0.717) is 24.1 Å². The van der Waals surface area contributed by atoms with Gasteiger partial charge in [0.2, 0.25) is 0 Å². The summed E-state index contributed by atoms with van der Waals surface area (Å²) in [5, 5.41) is 9.38. The molecule has 2 unspecified atom stereocenters. The third-order valence-electron chi connectivity index (χ3n) is 5.32. The molecule has 1 saturated carbocycles. The number of hydrogen-bond donors (Lipinski definition) is 1. The maximum atomic E-state index is 9.38. The van der Waals surface area contributed by atoms with Crippen molar-refractivity contribution in [1.82, 2.24) is 4.90 Å². The molecule has 2 rings (SSSR count). The first kappa shape index (κ1) is 19.5. The molecule has 5 heteroatoms. The molecular weight excluding hydrogens is 314 g/mol. The predicted molar refractivity (Wildman–Crippen MR) is 94.1 cm³/mol. The van der Waals surface area contributed by atoms with Gasteiger partial charge in [-0.25, -0.2) is 0 Å². The van der Waals surface area contributed by atoms with Crippen molar-refractivity contribution in [2.75, 3.05) is 25.6 Å². The zero-order chi connectivity index (χ0) is 17.0. The van der Waals surface area contributed by atoms with E-state index in [-0.39, 0.29) is 24.2 Å². The number of aliphatic hydroxyl groups is 1. The zero-order valence-corrected chi connectivity index (χ0v) is 15.9. The van der Waals surface area contributed by atoms with Crippen molar-refractivity contribution in [3.05, 3.63) is 0 Å². The van der Waals surface area contributed by atoms with Gasteiger partial charge < -0.3 is 14.6 Å². The van der Waals surface area contributed by atoms with E-state index >= 15 is 0 Å². The summed E-state index contributed by atoms with van der Waals surface area (Å²) in [6, 6.07) is 0.592. The van der Waals surface area contributed by atoms with Crippen LogP contribution in [0.25, 0.3) is 0 Å². The number of likely N-dealkylation sites (tertiary alicyclic amines) is 1. The van der Waals surface area contributed by atoms with Crippen molar-refractivity contribution < 1.29 is 14.6 Å². The van der Waals surface area contributed by atoms with E-state index in [1.165, 1.54) is 0 Å². The van der Waals surface area contributed by atoms with Crippen molar-refractivity contribution in [2.24, 2.45) is 5.41 Å². The van der Waals surface area contributed by atoms with E-state index < -0.39 is 0 Å². The van der Waals surface area contributed by atoms with Crippen LogP contribution in [0.15, 0.2) is 0 Å². The van der Waals surface area contributed by atoms with Gasteiger partial charge in [0.15, 0.2) is 0 Å². The van der Waals surface area contributed by atoms with Crippen LogP contribution in [0.2, 0.25) is 0 Å². The first-order valence-electron chi connectivity index (χ1n) is 9.09. The summed E-state index contributed by atoms with van der Waals surface area (Å²) in [6.45, 7) is 11.0. The predicted octanol–water partition coefficient (Wildman–Crippen LogP) is 3.05. The third kappa shape index (κ3) is 5.30. The minimum atomic E-state index is -0.0811. The van der Waals surface area contributed by atoms with Gasteiger partial charge in [-0.05, 0) is 53.4 Å². The number of aliphatic hydroxyl groups excluding tert-OH is 1. The van der Waals surface area contributed by atoms with Crippen molar-refractivity contribution in [3.63, 3.8) is 0 Å². The summed E-state index contributed by atoms with van der Waals surface area (Å²) in [4.78, 5) is 2.49. The molecule has 23 heavy (non-hydrogen) atoms. The highest BCUT2D eigenvalue weighted by molar-refractivity contribution is 6.18. The molecule has 2 fully saturated rings. The molecule has 0 aromatic heterocycles. The summed E-state index contributed by atoms with van der Waals surface area (Å²) in [7, 11) is 0. The summed E-state index contributed by atoms with van der Waals surface area (Å²) in [6.07, 6.45) is 5.33. The molecule has 0 amide bonds. The Morgan fingerprint density at radius 1 is 1.09 bits per heavy atom. The third-order valence-corrected chi connectivity index (χ3v) is 5.89. The van der Waals surface area contributed by atoms with E-state index in [1.807, 2.05) is 0 Å². The smallest absolute Gasteiger partial charge is 0.0832 e. The Bertz CT molecular complexity index is 348. The summed E-state index contributed by atoms with van der Waals surface area (Å²) < 4.78 is 11.9. The zero-order valence-electron chi connectivity index (χ0n) is 15.1. The average Bonchev–Trinajstić information content (AvgIpc) is 2.43. The second kappa shape index (κ2) is 8.48. The molecule has 0 bridgehead atoms. The SMILES string of the molecule is CC(C)OC1CN(C(C)CCC(C)OC2CC(CO)(CCl)C2)C1. The fourth-order valence-electron chi connectivity index (χ4n) is 3.64. The van der Waals surface area contributed by atoms with Crippen LogP contribution in [0, 0.1) is 5.41 Å². The summed E-state index contributed by atoms with van der Waals surface area (Å²) >= 11 is 5.93.